The molecule has 6 fully saturated rings. The molecule has 0 amide bonds. The lowest BCUT2D eigenvalue weighted by molar-refractivity contribution is -0.159. The standard InChI is InChI=1S/C49H64N2O5S2/c1-46(2)22-30(51-15-14-50-26-51)25-58-57-24-29-19-36(48(4)13-12-35-37(49(29,48)55)20-39(52)38-21-40(53)41(54)23-47(35,38)3)34-18-28-8-5-9-32-31-11-10-27-7-6-16-56-45(34)43(42(28)32)44(46)33(31)17-27/h14-15,20,26-31,34-36,38,40-41,43,45,53-55H,5,7-13,17-19,21-25H2,1-4H3. The van der Waals surface area contributed by atoms with Gasteiger partial charge in [0.25, 0.3) is 0 Å². The number of fused-ring (bicyclic) bond motifs is 12. The van der Waals surface area contributed by atoms with Crippen LogP contribution < -0.4 is 0 Å². The summed E-state index contributed by atoms with van der Waals surface area (Å²) in [4.78, 5) is 18.9. The fourth-order valence-corrected chi connectivity index (χ4v) is 19.2. The molecule has 16 atom stereocenters. The van der Waals surface area contributed by atoms with E-state index in [2.05, 4.69) is 55.5 Å². The number of allylic oxidation sites excluding steroid dienone is 3. The van der Waals surface area contributed by atoms with Crippen molar-refractivity contribution in [3.63, 3.8) is 0 Å². The van der Waals surface area contributed by atoms with E-state index in [0.29, 0.717) is 30.6 Å². The molecule has 0 aromatic carbocycles. The largest absolute Gasteiger partial charge is 0.442 e. The molecule has 312 valence electrons. The Bertz CT molecular complexity index is 2030. The number of aromatic nitrogens is 2. The van der Waals surface area contributed by atoms with Crippen LogP contribution in [-0.4, -0.2) is 66.1 Å². The number of ketones is 1. The summed E-state index contributed by atoms with van der Waals surface area (Å²) >= 11 is 0. The Hall–Kier alpha value is -1.96. The molecule has 16 unspecified atom stereocenters. The molecule has 8 aliphatic carbocycles. The van der Waals surface area contributed by atoms with Crippen LogP contribution in [0.3, 0.4) is 0 Å². The second-order valence-electron chi connectivity index (χ2n) is 21.9. The summed E-state index contributed by atoms with van der Waals surface area (Å²) in [6, 6.07) is 0.264. The van der Waals surface area contributed by atoms with Crippen LogP contribution in [0.2, 0.25) is 0 Å². The molecule has 1 saturated heterocycles. The second-order valence-corrected chi connectivity index (χ2v) is 24.5. The first-order valence-corrected chi connectivity index (χ1v) is 25.5. The van der Waals surface area contributed by atoms with Gasteiger partial charge in [0.1, 0.15) is 12.2 Å². The topological polar surface area (TPSA) is 105 Å². The summed E-state index contributed by atoms with van der Waals surface area (Å²) in [5.41, 5.74) is 5.68. The van der Waals surface area contributed by atoms with E-state index < -0.39 is 28.6 Å². The Morgan fingerprint density at radius 1 is 0.966 bits per heavy atom. The SMILES string of the molecule is CC1(C)CC(n2ccnc2)CSSCC2CC(C3CC4CCCC5=C4C4C1=C1CC(CC#COC43)CCC51)C1(C)CCC3C(=CC(=O)C4CC(O)C(O)CC43C)C21O. The lowest BCUT2D eigenvalue weighted by atomic mass is 9.44. The smallest absolute Gasteiger partial charge is 0.159 e. The maximum atomic E-state index is 14.3. The van der Waals surface area contributed by atoms with Crippen molar-refractivity contribution in [3.8, 4) is 12.0 Å². The summed E-state index contributed by atoms with van der Waals surface area (Å²) in [5, 5.41) is 35.9. The molecule has 3 N–H and O–H groups in total. The number of hydrogen-bond donors (Lipinski definition) is 3. The maximum Gasteiger partial charge on any atom is 0.159 e. The van der Waals surface area contributed by atoms with Crippen molar-refractivity contribution in [3.05, 3.63) is 52.7 Å². The molecule has 11 rings (SSSR count). The predicted molar refractivity (Wildman–Crippen MR) is 229 cm³/mol. The molecular formula is C49H64N2O5S2. The molecule has 3 heterocycles. The van der Waals surface area contributed by atoms with Crippen molar-refractivity contribution >= 4 is 27.4 Å². The molecular weight excluding hydrogens is 761 g/mol. The monoisotopic (exact) mass is 824 g/mol. The van der Waals surface area contributed by atoms with E-state index >= 15 is 0 Å². The zero-order chi connectivity index (χ0) is 39.9. The fourth-order valence-electron chi connectivity index (χ4n) is 16.5. The number of carbonyl (C=O) groups is 1. The third kappa shape index (κ3) is 5.45. The van der Waals surface area contributed by atoms with Gasteiger partial charge in [0.15, 0.2) is 5.78 Å². The molecule has 0 spiro atoms. The predicted octanol–water partition coefficient (Wildman–Crippen LogP) is 8.88. The van der Waals surface area contributed by atoms with Gasteiger partial charge in [-0.2, -0.15) is 0 Å². The van der Waals surface area contributed by atoms with Gasteiger partial charge in [-0.05, 0) is 130 Å². The maximum absolute atomic E-state index is 14.3. The van der Waals surface area contributed by atoms with Gasteiger partial charge < -0.3 is 24.6 Å². The lowest BCUT2D eigenvalue weighted by Gasteiger charge is -2.62. The van der Waals surface area contributed by atoms with Gasteiger partial charge in [0, 0.05) is 71.4 Å². The summed E-state index contributed by atoms with van der Waals surface area (Å²) in [7, 11) is 3.87. The zero-order valence-electron chi connectivity index (χ0n) is 35.0. The number of ether oxygens (including phenoxy) is 1. The van der Waals surface area contributed by atoms with E-state index in [1.807, 2.05) is 40.2 Å². The van der Waals surface area contributed by atoms with Gasteiger partial charge in [0.2, 0.25) is 0 Å². The van der Waals surface area contributed by atoms with Crippen molar-refractivity contribution in [2.75, 3.05) is 11.5 Å². The zero-order valence-corrected chi connectivity index (χ0v) is 36.6. The van der Waals surface area contributed by atoms with Crippen LogP contribution in [0.1, 0.15) is 124 Å². The van der Waals surface area contributed by atoms with E-state index in [9.17, 15) is 20.1 Å². The molecule has 1 aromatic heterocycles. The van der Waals surface area contributed by atoms with Crippen LogP contribution in [0.25, 0.3) is 0 Å². The van der Waals surface area contributed by atoms with Gasteiger partial charge in [0.05, 0.1) is 24.1 Å². The number of carbonyl (C=O) groups excluding carboxylic acids is 1. The highest BCUT2D eigenvalue weighted by Gasteiger charge is 2.72. The molecule has 8 bridgehead atoms. The quantitative estimate of drug-likeness (QED) is 0.147. The summed E-state index contributed by atoms with van der Waals surface area (Å²) in [6.45, 7) is 9.68. The second kappa shape index (κ2) is 13.8. The molecule has 0 radical (unpaired) electrons. The Morgan fingerprint density at radius 2 is 1.81 bits per heavy atom. The van der Waals surface area contributed by atoms with Crippen molar-refractivity contribution in [1.29, 1.82) is 0 Å². The molecule has 58 heavy (non-hydrogen) atoms. The van der Waals surface area contributed by atoms with E-state index in [4.69, 9.17) is 4.74 Å². The van der Waals surface area contributed by atoms with Crippen LogP contribution in [0, 0.1) is 81.5 Å². The Balaban J connectivity index is 1.09. The summed E-state index contributed by atoms with van der Waals surface area (Å²) < 4.78 is 9.57. The lowest BCUT2D eigenvalue weighted by Crippen LogP contribution is -2.63. The minimum absolute atomic E-state index is 0.00809. The van der Waals surface area contributed by atoms with E-state index in [1.165, 1.54) is 32.1 Å². The van der Waals surface area contributed by atoms with Crippen LogP contribution in [0.5, 0.6) is 0 Å². The van der Waals surface area contributed by atoms with Crippen molar-refractivity contribution in [2.24, 2.45) is 69.5 Å². The third-order valence-electron chi connectivity index (χ3n) is 18.9. The summed E-state index contributed by atoms with van der Waals surface area (Å²) in [5.74, 6) is 7.31. The minimum atomic E-state index is -1.16. The Kier molecular flexibility index (Phi) is 9.24. The number of nitrogens with zero attached hydrogens (tertiary/aromatic N) is 2. The summed E-state index contributed by atoms with van der Waals surface area (Å²) in [6.07, 6.45) is 23.3. The Morgan fingerprint density at radius 3 is 2.64 bits per heavy atom. The van der Waals surface area contributed by atoms with Crippen LogP contribution in [0.4, 0.5) is 0 Å². The molecule has 5 saturated carbocycles. The first-order chi connectivity index (χ1) is 27.8. The van der Waals surface area contributed by atoms with Gasteiger partial charge in [-0.1, -0.05) is 77.5 Å². The molecule has 1 aromatic rings. The average Bonchev–Trinajstić information content (AvgIpc) is 3.81. The van der Waals surface area contributed by atoms with Gasteiger partial charge in [-0.15, -0.1) is 0 Å². The number of hydrogen-bond acceptors (Lipinski definition) is 8. The van der Waals surface area contributed by atoms with Gasteiger partial charge in [-0.25, -0.2) is 4.98 Å². The van der Waals surface area contributed by atoms with Gasteiger partial charge in [-0.3, -0.25) is 4.79 Å². The third-order valence-corrected chi connectivity index (χ3v) is 21.5. The van der Waals surface area contributed by atoms with Crippen LogP contribution in [0.15, 0.2) is 52.7 Å². The molecule has 9 heteroatoms. The fraction of sp³-hybridized carbons (Fsp3) is 0.755. The highest BCUT2D eigenvalue weighted by atomic mass is 33.1. The highest BCUT2D eigenvalue weighted by molar-refractivity contribution is 8.76. The number of aliphatic hydroxyl groups excluding tert-OH is 2. The van der Waals surface area contributed by atoms with E-state index in [0.717, 1.165) is 62.0 Å². The van der Waals surface area contributed by atoms with E-state index in [1.54, 1.807) is 22.3 Å². The van der Waals surface area contributed by atoms with Crippen LogP contribution >= 0.6 is 21.6 Å². The van der Waals surface area contributed by atoms with Crippen LogP contribution in [-0.2, 0) is 9.53 Å². The van der Waals surface area contributed by atoms with Crippen molar-refractivity contribution < 1.29 is 24.9 Å². The molecule has 2 aliphatic heterocycles. The van der Waals surface area contributed by atoms with Gasteiger partial charge >= 0.3 is 0 Å². The Labute approximate surface area is 353 Å². The number of rotatable bonds is 1. The first-order valence-electron chi connectivity index (χ1n) is 23.0. The molecule has 10 aliphatic rings. The highest BCUT2D eigenvalue weighted by Crippen LogP contribution is 2.73. The number of imidazole rings is 1. The average molecular weight is 825 g/mol. The normalized spacial score (nSPS) is 49.1. The van der Waals surface area contributed by atoms with Crippen molar-refractivity contribution in [2.45, 2.75) is 148 Å². The number of aliphatic hydroxyl groups is 3. The molecule has 7 nitrogen and oxygen atoms in total. The first kappa shape index (κ1) is 38.9. The van der Waals surface area contributed by atoms with Crippen molar-refractivity contribution in [1.82, 2.24) is 9.55 Å². The minimum Gasteiger partial charge on any atom is -0.442 e. The van der Waals surface area contributed by atoms with E-state index in [-0.39, 0.29) is 58.9 Å².